The third-order valence-electron chi connectivity index (χ3n) is 2.30. The molecule has 0 spiro atoms. The third-order valence-corrected chi connectivity index (χ3v) is 2.30. The van der Waals surface area contributed by atoms with E-state index < -0.39 is 0 Å². The maximum Gasteiger partial charge on any atom is 0.228 e. The van der Waals surface area contributed by atoms with Gasteiger partial charge in [-0.1, -0.05) is 25.4 Å². The Morgan fingerprint density at radius 3 is 2.87 bits per heavy atom. The molecular formula is C11H21N3O. The summed E-state index contributed by atoms with van der Waals surface area (Å²) in [6, 6.07) is 0.398. The van der Waals surface area contributed by atoms with E-state index in [4.69, 9.17) is 4.52 Å². The number of hydrogen-bond acceptors (Lipinski definition) is 4. The fraction of sp³-hybridized carbons (Fsp3) is 0.818. The van der Waals surface area contributed by atoms with Crippen LogP contribution in [-0.4, -0.2) is 22.7 Å². The number of nitrogens with one attached hydrogen (secondary N) is 1. The molecule has 0 aliphatic heterocycles. The van der Waals surface area contributed by atoms with E-state index in [0.717, 1.165) is 43.9 Å². The first kappa shape index (κ1) is 12.2. The molecule has 1 atom stereocenters. The lowest BCUT2D eigenvalue weighted by Crippen LogP contribution is -2.27. The molecule has 1 heterocycles. The SMILES string of the molecule is CCCCc1noc(CC(C)NCC)n1. The summed E-state index contributed by atoms with van der Waals surface area (Å²) in [5.41, 5.74) is 0. The molecule has 0 aliphatic rings. The van der Waals surface area contributed by atoms with Gasteiger partial charge in [0.05, 0.1) is 0 Å². The topological polar surface area (TPSA) is 51.0 Å². The molecule has 1 unspecified atom stereocenters. The fourth-order valence-electron chi connectivity index (χ4n) is 1.49. The molecule has 1 N–H and O–H groups in total. The van der Waals surface area contributed by atoms with Crippen LogP contribution in [0.5, 0.6) is 0 Å². The molecule has 0 saturated carbocycles. The Morgan fingerprint density at radius 1 is 1.40 bits per heavy atom. The Morgan fingerprint density at radius 2 is 2.20 bits per heavy atom. The molecule has 0 saturated heterocycles. The van der Waals surface area contributed by atoms with Crippen molar-refractivity contribution in [3.63, 3.8) is 0 Å². The molecule has 4 nitrogen and oxygen atoms in total. The van der Waals surface area contributed by atoms with Crippen LogP contribution in [0.15, 0.2) is 4.52 Å². The van der Waals surface area contributed by atoms with E-state index in [-0.39, 0.29) is 0 Å². The lowest BCUT2D eigenvalue weighted by Gasteiger charge is -2.07. The minimum absolute atomic E-state index is 0.398. The zero-order valence-corrected chi connectivity index (χ0v) is 9.92. The molecule has 15 heavy (non-hydrogen) atoms. The number of unbranched alkanes of at least 4 members (excludes halogenated alkanes) is 1. The molecule has 1 aromatic rings. The molecule has 0 amide bonds. The van der Waals surface area contributed by atoms with Crippen LogP contribution < -0.4 is 5.32 Å². The summed E-state index contributed by atoms with van der Waals surface area (Å²) >= 11 is 0. The second kappa shape index (κ2) is 6.56. The van der Waals surface area contributed by atoms with Crippen molar-refractivity contribution in [2.24, 2.45) is 0 Å². The molecule has 0 radical (unpaired) electrons. The molecule has 0 aliphatic carbocycles. The van der Waals surface area contributed by atoms with E-state index in [0.29, 0.717) is 6.04 Å². The van der Waals surface area contributed by atoms with E-state index >= 15 is 0 Å². The monoisotopic (exact) mass is 211 g/mol. The summed E-state index contributed by atoms with van der Waals surface area (Å²) in [4.78, 5) is 4.35. The summed E-state index contributed by atoms with van der Waals surface area (Å²) in [6.45, 7) is 7.35. The van der Waals surface area contributed by atoms with Crippen LogP contribution in [0.3, 0.4) is 0 Å². The van der Waals surface area contributed by atoms with Crippen LogP contribution in [0.4, 0.5) is 0 Å². The lowest BCUT2D eigenvalue weighted by molar-refractivity contribution is 0.358. The van der Waals surface area contributed by atoms with E-state index in [1.165, 1.54) is 0 Å². The third kappa shape index (κ3) is 4.42. The number of hydrogen-bond donors (Lipinski definition) is 1. The first-order chi connectivity index (χ1) is 7.26. The van der Waals surface area contributed by atoms with Gasteiger partial charge in [-0.3, -0.25) is 0 Å². The minimum atomic E-state index is 0.398. The first-order valence-corrected chi connectivity index (χ1v) is 5.81. The highest BCUT2D eigenvalue weighted by Crippen LogP contribution is 2.04. The predicted octanol–water partition coefficient (Wildman–Crippen LogP) is 1.95. The second-order valence-corrected chi connectivity index (χ2v) is 3.87. The van der Waals surface area contributed by atoms with Gasteiger partial charge in [-0.05, 0) is 19.9 Å². The van der Waals surface area contributed by atoms with Gasteiger partial charge in [-0.15, -0.1) is 0 Å². The number of aromatic nitrogens is 2. The summed E-state index contributed by atoms with van der Waals surface area (Å²) in [6.07, 6.45) is 4.03. The highest BCUT2D eigenvalue weighted by atomic mass is 16.5. The van der Waals surface area contributed by atoms with E-state index in [9.17, 15) is 0 Å². The van der Waals surface area contributed by atoms with E-state index in [2.05, 4.69) is 36.2 Å². The van der Waals surface area contributed by atoms with Gasteiger partial charge in [0.15, 0.2) is 5.82 Å². The van der Waals surface area contributed by atoms with Crippen LogP contribution in [0.2, 0.25) is 0 Å². The van der Waals surface area contributed by atoms with Crippen LogP contribution in [0, 0.1) is 0 Å². The molecule has 86 valence electrons. The number of aryl methyl sites for hydroxylation is 1. The van der Waals surface area contributed by atoms with Crippen LogP contribution in [0.25, 0.3) is 0 Å². The standard InChI is InChI=1S/C11H21N3O/c1-4-6-7-10-13-11(15-14-10)8-9(3)12-5-2/h9,12H,4-8H2,1-3H3. The highest BCUT2D eigenvalue weighted by molar-refractivity contribution is 4.88. The van der Waals surface area contributed by atoms with Gasteiger partial charge in [0, 0.05) is 18.9 Å². The molecule has 4 heteroatoms. The summed E-state index contributed by atoms with van der Waals surface area (Å²) < 4.78 is 5.18. The summed E-state index contributed by atoms with van der Waals surface area (Å²) in [5, 5.41) is 7.27. The van der Waals surface area contributed by atoms with Crippen molar-refractivity contribution >= 4 is 0 Å². The highest BCUT2D eigenvalue weighted by Gasteiger charge is 2.09. The smallest absolute Gasteiger partial charge is 0.228 e. The number of nitrogens with zero attached hydrogens (tertiary/aromatic N) is 2. The van der Waals surface area contributed by atoms with Gasteiger partial charge in [-0.2, -0.15) is 4.98 Å². The average molecular weight is 211 g/mol. The average Bonchev–Trinajstić information content (AvgIpc) is 2.63. The Balaban J connectivity index is 2.38. The molecular weight excluding hydrogens is 190 g/mol. The normalized spacial score (nSPS) is 13.0. The van der Waals surface area contributed by atoms with Gasteiger partial charge in [0.2, 0.25) is 5.89 Å². The minimum Gasteiger partial charge on any atom is -0.339 e. The van der Waals surface area contributed by atoms with Crippen molar-refractivity contribution in [1.82, 2.24) is 15.5 Å². The van der Waals surface area contributed by atoms with Crippen LogP contribution >= 0.6 is 0 Å². The van der Waals surface area contributed by atoms with Gasteiger partial charge in [0.1, 0.15) is 0 Å². The largest absolute Gasteiger partial charge is 0.339 e. The maximum absolute atomic E-state index is 5.18. The molecule has 0 bridgehead atoms. The van der Waals surface area contributed by atoms with Crippen molar-refractivity contribution in [3.8, 4) is 0 Å². The quantitative estimate of drug-likeness (QED) is 0.749. The van der Waals surface area contributed by atoms with Gasteiger partial charge in [0.25, 0.3) is 0 Å². The Hall–Kier alpha value is -0.900. The number of likely N-dealkylation sites (N-methyl/N-ethyl adjacent to an activating group) is 1. The zero-order valence-electron chi connectivity index (χ0n) is 9.92. The molecule has 0 aromatic carbocycles. The van der Waals surface area contributed by atoms with Gasteiger partial charge >= 0.3 is 0 Å². The van der Waals surface area contributed by atoms with Crippen molar-refractivity contribution < 1.29 is 4.52 Å². The Bertz CT molecular complexity index is 273. The summed E-state index contributed by atoms with van der Waals surface area (Å²) in [7, 11) is 0. The van der Waals surface area contributed by atoms with E-state index in [1.54, 1.807) is 0 Å². The fourth-order valence-corrected chi connectivity index (χ4v) is 1.49. The van der Waals surface area contributed by atoms with Crippen molar-refractivity contribution in [1.29, 1.82) is 0 Å². The van der Waals surface area contributed by atoms with Gasteiger partial charge in [-0.25, -0.2) is 0 Å². The lowest BCUT2D eigenvalue weighted by atomic mass is 10.2. The zero-order chi connectivity index (χ0) is 11.1. The van der Waals surface area contributed by atoms with Crippen LogP contribution in [-0.2, 0) is 12.8 Å². The summed E-state index contributed by atoms with van der Waals surface area (Å²) in [5.74, 6) is 1.59. The van der Waals surface area contributed by atoms with Crippen molar-refractivity contribution in [2.75, 3.05) is 6.54 Å². The predicted molar refractivity (Wildman–Crippen MR) is 59.8 cm³/mol. The Kier molecular flexibility index (Phi) is 5.32. The van der Waals surface area contributed by atoms with Crippen molar-refractivity contribution in [2.45, 2.75) is 52.5 Å². The number of rotatable bonds is 7. The first-order valence-electron chi connectivity index (χ1n) is 5.81. The maximum atomic E-state index is 5.18. The molecule has 1 aromatic heterocycles. The second-order valence-electron chi connectivity index (χ2n) is 3.87. The van der Waals surface area contributed by atoms with Crippen molar-refractivity contribution in [3.05, 3.63) is 11.7 Å². The van der Waals surface area contributed by atoms with E-state index in [1.807, 2.05) is 0 Å². The molecule has 1 rings (SSSR count). The van der Waals surface area contributed by atoms with Gasteiger partial charge < -0.3 is 9.84 Å². The van der Waals surface area contributed by atoms with Crippen LogP contribution in [0.1, 0.15) is 45.3 Å². The molecule has 0 fully saturated rings. The Labute approximate surface area is 91.5 Å².